The van der Waals surface area contributed by atoms with Gasteiger partial charge in [0.25, 0.3) is 0 Å². The van der Waals surface area contributed by atoms with Crippen LogP contribution in [-0.2, 0) is 4.79 Å². The van der Waals surface area contributed by atoms with Gasteiger partial charge in [-0.05, 0) is 107 Å². The van der Waals surface area contributed by atoms with E-state index in [1.54, 1.807) is 0 Å². The molecule has 0 spiro atoms. The van der Waals surface area contributed by atoms with Gasteiger partial charge < -0.3 is 10.2 Å². The number of carbonyl (C=O) groups excluding carboxylic acids is 1. The highest BCUT2D eigenvalue weighted by Gasteiger charge is 2.40. The second kappa shape index (κ2) is 9.90. The molecule has 0 bridgehead atoms. The molecule has 166 valence electrons. The topological polar surface area (TPSA) is 32.3 Å². The summed E-state index contributed by atoms with van der Waals surface area (Å²) >= 11 is 6.13. The third kappa shape index (κ3) is 5.32. The average molecular weight is 423 g/mol. The monoisotopic (exact) mass is 422 g/mol. The molecular weight excluding hydrogens is 380 g/mol. The van der Waals surface area contributed by atoms with Crippen molar-refractivity contribution < 1.29 is 4.79 Å². The number of carbonyl (C=O) groups is 1. The predicted octanol–water partition coefficient (Wildman–Crippen LogP) is 5.61. The molecule has 4 rings (SSSR count). The van der Waals surface area contributed by atoms with E-state index in [2.05, 4.69) is 17.1 Å². The number of likely N-dealkylation sites (tertiary alicyclic amines) is 1. The Morgan fingerprint density at radius 1 is 0.966 bits per heavy atom. The molecule has 0 aromatic rings. The second-order valence-corrected chi connectivity index (χ2v) is 11.7. The van der Waals surface area contributed by atoms with Gasteiger partial charge in [0.1, 0.15) is 5.38 Å². The zero-order valence-electron chi connectivity index (χ0n) is 18.8. The van der Waals surface area contributed by atoms with Gasteiger partial charge in [-0.3, -0.25) is 4.79 Å². The Bertz CT molecular complexity index is 553. The summed E-state index contributed by atoms with van der Waals surface area (Å²) in [4.78, 5) is 14.7. The minimum Gasteiger partial charge on any atom is -0.338 e. The molecule has 29 heavy (non-hydrogen) atoms. The van der Waals surface area contributed by atoms with Crippen LogP contribution >= 0.6 is 11.6 Å². The molecule has 1 amide bonds. The largest absolute Gasteiger partial charge is 0.338 e. The first kappa shape index (κ1) is 21.9. The maximum absolute atomic E-state index is 12.5. The van der Waals surface area contributed by atoms with Gasteiger partial charge in [0.05, 0.1) is 0 Å². The van der Waals surface area contributed by atoms with Gasteiger partial charge in [-0.1, -0.05) is 19.8 Å². The Kier molecular flexibility index (Phi) is 7.48. The molecule has 2 aliphatic heterocycles. The Morgan fingerprint density at radius 2 is 1.69 bits per heavy atom. The smallest absolute Gasteiger partial charge is 0.240 e. The molecule has 4 heteroatoms. The van der Waals surface area contributed by atoms with E-state index in [1.807, 2.05) is 6.92 Å². The fraction of sp³-hybridized carbons (Fsp3) is 0.960. The van der Waals surface area contributed by atoms with Crippen molar-refractivity contribution >= 4 is 17.5 Å². The molecule has 2 heterocycles. The number of rotatable bonds is 5. The molecule has 3 nitrogen and oxygen atoms in total. The van der Waals surface area contributed by atoms with Gasteiger partial charge in [0.2, 0.25) is 5.91 Å². The molecule has 2 aliphatic carbocycles. The molecule has 4 aliphatic rings. The van der Waals surface area contributed by atoms with Crippen molar-refractivity contribution in [3.05, 3.63) is 0 Å². The standard InChI is InChI=1S/C25H43ClN2O/c1-17(13-20-15-21-6-3-4-8-23(21)27-16-20)12-19-9-10-24-22(14-19)7-5-11-28(24)25(29)18(2)26/h17-24,27H,3-16H2,1-2H3. The van der Waals surface area contributed by atoms with Gasteiger partial charge in [-0.25, -0.2) is 0 Å². The number of fused-ring (bicyclic) bond motifs is 2. The summed E-state index contributed by atoms with van der Waals surface area (Å²) in [6, 6.07) is 1.30. The fourth-order valence-corrected chi connectivity index (χ4v) is 7.60. The molecule has 2 saturated heterocycles. The van der Waals surface area contributed by atoms with E-state index in [-0.39, 0.29) is 11.3 Å². The van der Waals surface area contributed by atoms with E-state index in [0.29, 0.717) is 12.0 Å². The number of hydrogen-bond donors (Lipinski definition) is 1. The molecule has 8 unspecified atom stereocenters. The lowest BCUT2D eigenvalue weighted by atomic mass is 9.69. The second-order valence-electron chi connectivity index (χ2n) is 11.0. The van der Waals surface area contributed by atoms with Gasteiger partial charge in [0, 0.05) is 18.6 Å². The van der Waals surface area contributed by atoms with Gasteiger partial charge in [-0.2, -0.15) is 0 Å². The molecule has 0 aromatic heterocycles. The summed E-state index contributed by atoms with van der Waals surface area (Å²) in [6.07, 6.45) is 16.4. The first-order valence-corrected chi connectivity index (χ1v) is 13.1. The molecule has 1 N–H and O–H groups in total. The predicted molar refractivity (Wildman–Crippen MR) is 121 cm³/mol. The van der Waals surface area contributed by atoms with E-state index >= 15 is 0 Å². The Hall–Kier alpha value is -0.280. The zero-order valence-corrected chi connectivity index (χ0v) is 19.5. The van der Waals surface area contributed by atoms with Crippen LogP contribution in [0.1, 0.15) is 90.9 Å². The van der Waals surface area contributed by atoms with Gasteiger partial charge in [-0.15, -0.1) is 11.6 Å². The molecule has 8 atom stereocenters. The van der Waals surface area contributed by atoms with Crippen LogP contribution in [0, 0.1) is 29.6 Å². The lowest BCUT2D eigenvalue weighted by molar-refractivity contribution is -0.137. The van der Waals surface area contributed by atoms with E-state index in [9.17, 15) is 4.79 Å². The number of alkyl halides is 1. The normalized spacial score (nSPS) is 39.9. The summed E-state index contributed by atoms with van der Waals surface area (Å²) in [5, 5.41) is 3.52. The van der Waals surface area contributed by atoms with Gasteiger partial charge >= 0.3 is 0 Å². The first-order chi connectivity index (χ1) is 14.0. The first-order valence-electron chi connectivity index (χ1n) is 12.7. The minimum absolute atomic E-state index is 0.166. The average Bonchev–Trinajstić information content (AvgIpc) is 2.72. The number of hydrogen-bond acceptors (Lipinski definition) is 2. The van der Waals surface area contributed by atoms with Crippen molar-refractivity contribution in [3.63, 3.8) is 0 Å². The third-order valence-corrected chi connectivity index (χ3v) is 8.92. The number of nitrogens with zero attached hydrogens (tertiary/aromatic N) is 1. The fourth-order valence-electron chi connectivity index (χ4n) is 7.47. The van der Waals surface area contributed by atoms with Crippen molar-refractivity contribution in [2.75, 3.05) is 13.1 Å². The number of piperidine rings is 2. The van der Waals surface area contributed by atoms with E-state index in [0.717, 1.165) is 42.7 Å². The van der Waals surface area contributed by atoms with Crippen molar-refractivity contribution in [2.24, 2.45) is 29.6 Å². The highest BCUT2D eigenvalue weighted by atomic mass is 35.5. The number of amides is 1. The van der Waals surface area contributed by atoms with Crippen molar-refractivity contribution in [2.45, 2.75) is 108 Å². The van der Waals surface area contributed by atoms with Crippen molar-refractivity contribution in [1.29, 1.82) is 0 Å². The molecule has 4 fully saturated rings. The zero-order chi connectivity index (χ0) is 20.4. The molecule has 0 radical (unpaired) electrons. The molecule has 0 aromatic carbocycles. The summed E-state index contributed by atoms with van der Waals surface area (Å²) in [5.74, 6) is 4.45. The Labute approximate surface area is 183 Å². The minimum atomic E-state index is -0.376. The quantitative estimate of drug-likeness (QED) is 0.584. The number of nitrogens with one attached hydrogen (secondary N) is 1. The van der Waals surface area contributed by atoms with E-state index in [1.165, 1.54) is 77.2 Å². The van der Waals surface area contributed by atoms with Crippen molar-refractivity contribution in [1.82, 2.24) is 10.2 Å². The highest BCUT2D eigenvalue weighted by molar-refractivity contribution is 6.30. The SMILES string of the molecule is CC(CC1CNC2CCCCC2C1)CC1CCC2C(CCCN2C(=O)C(C)Cl)C1. The summed E-state index contributed by atoms with van der Waals surface area (Å²) in [6.45, 7) is 6.52. The summed E-state index contributed by atoms with van der Waals surface area (Å²) in [7, 11) is 0. The summed E-state index contributed by atoms with van der Waals surface area (Å²) < 4.78 is 0. The van der Waals surface area contributed by atoms with Crippen LogP contribution in [0.3, 0.4) is 0 Å². The highest BCUT2D eigenvalue weighted by Crippen LogP contribution is 2.42. The van der Waals surface area contributed by atoms with Crippen LogP contribution in [0.2, 0.25) is 0 Å². The van der Waals surface area contributed by atoms with Gasteiger partial charge in [0.15, 0.2) is 0 Å². The van der Waals surface area contributed by atoms with Crippen LogP contribution in [0.4, 0.5) is 0 Å². The van der Waals surface area contributed by atoms with Crippen molar-refractivity contribution in [3.8, 4) is 0 Å². The Morgan fingerprint density at radius 3 is 2.52 bits per heavy atom. The lowest BCUT2D eigenvalue weighted by Gasteiger charge is -2.47. The lowest BCUT2D eigenvalue weighted by Crippen LogP contribution is -2.52. The maximum atomic E-state index is 12.5. The van der Waals surface area contributed by atoms with Crippen LogP contribution in [0.5, 0.6) is 0 Å². The summed E-state index contributed by atoms with van der Waals surface area (Å²) in [5.41, 5.74) is 0. The van der Waals surface area contributed by atoms with Crippen LogP contribution in [0.15, 0.2) is 0 Å². The molecule has 2 saturated carbocycles. The van der Waals surface area contributed by atoms with Crippen LogP contribution < -0.4 is 5.32 Å². The number of halogens is 1. The van der Waals surface area contributed by atoms with E-state index < -0.39 is 0 Å². The van der Waals surface area contributed by atoms with Crippen LogP contribution in [0.25, 0.3) is 0 Å². The molecular formula is C25H43ClN2O. The van der Waals surface area contributed by atoms with E-state index in [4.69, 9.17) is 11.6 Å². The Balaban J connectivity index is 1.24. The third-order valence-electron chi connectivity index (χ3n) is 8.73. The van der Waals surface area contributed by atoms with Crippen LogP contribution in [-0.4, -0.2) is 41.4 Å². The maximum Gasteiger partial charge on any atom is 0.240 e.